The van der Waals surface area contributed by atoms with E-state index in [2.05, 4.69) is 30.9 Å². The van der Waals surface area contributed by atoms with Gasteiger partial charge in [0.25, 0.3) is 0 Å². The number of hydrogen-bond acceptors (Lipinski definition) is 3. The zero-order valence-corrected chi connectivity index (χ0v) is 12.3. The average Bonchev–Trinajstić information content (AvgIpc) is 2.81. The maximum absolute atomic E-state index is 4.56. The third kappa shape index (κ3) is 2.21. The smallest absolute Gasteiger partial charge is 0.180 e. The molecule has 2 heterocycles. The van der Waals surface area contributed by atoms with Crippen molar-refractivity contribution in [1.82, 2.24) is 15.0 Å². The molecule has 0 aliphatic rings. The summed E-state index contributed by atoms with van der Waals surface area (Å²) in [6.45, 7) is 0. The second-order valence-corrected chi connectivity index (χ2v) is 5.35. The van der Waals surface area contributed by atoms with Gasteiger partial charge in [0, 0.05) is 24.1 Å². The molecule has 0 aliphatic heterocycles. The minimum atomic E-state index is 0.733. The van der Waals surface area contributed by atoms with Gasteiger partial charge in [0.1, 0.15) is 11.6 Å². The first-order valence-corrected chi connectivity index (χ1v) is 6.73. The lowest BCUT2D eigenvalue weighted by Gasteiger charge is -2.09. The average molecular weight is 317 g/mol. The van der Waals surface area contributed by atoms with Crippen LogP contribution in [0.1, 0.15) is 0 Å². The number of pyridine rings is 1. The Hall–Kier alpha value is -1.88. The Morgan fingerprint density at radius 1 is 1.05 bits per heavy atom. The lowest BCUT2D eigenvalue weighted by molar-refractivity contribution is 1.08. The van der Waals surface area contributed by atoms with E-state index in [0.29, 0.717) is 0 Å². The van der Waals surface area contributed by atoms with Gasteiger partial charge in [-0.25, -0.2) is 9.97 Å². The number of nitrogens with one attached hydrogen (secondary N) is 1. The van der Waals surface area contributed by atoms with Gasteiger partial charge in [0.2, 0.25) is 0 Å². The monoisotopic (exact) mass is 316 g/mol. The van der Waals surface area contributed by atoms with E-state index in [4.69, 9.17) is 0 Å². The number of nitrogens with zero attached hydrogens (tertiary/aromatic N) is 3. The summed E-state index contributed by atoms with van der Waals surface area (Å²) >= 11 is 3.54. The summed E-state index contributed by atoms with van der Waals surface area (Å²) in [5, 5.41) is 0. The number of imidazole rings is 1. The fraction of sp³-hybridized carbons (Fsp3) is 0.143. The summed E-state index contributed by atoms with van der Waals surface area (Å²) in [6.07, 6.45) is 0. The predicted octanol–water partition coefficient (Wildman–Crippen LogP) is 3.45. The van der Waals surface area contributed by atoms with Gasteiger partial charge >= 0.3 is 0 Å². The van der Waals surface area contributed by atoms with Gasteiger partial charge in [-0.3, -0.25) is 0 Å². The molecule has 0 aliphatic carbocycles. The van der Waals surface area contributed by atoms with E-state index >= 15 is 0 Å². The van der Waals surface area contributed by atoms with Crippen LogP contribution in [0.25, 0.3) is 22.6 Å². The number of rotatable bonds is 2. The molecular weight excluding hydrogens is 304 g/mol. The molecule has 0 fully saturated rings. The van der Waals surface area contributed by atoms with E-state index in [1.54, 1.807) is 0 Å². The van der Waals surface area contributed by atoms with Crippen LogP contribution in [-0.4, -0.2) is 29.0 Å². The molecule has 0 radical (unpaired) electrons. The highest BCUT2D eigenvalue weighted by Gasteiger charge is 2.09. The van der Waals surface area contributed by atoms with E-state index in [9.17, 15) is 0 Å². The molecule has 0 amide bonds. The Morgan fingerprint density at radius 3 is 2.58 bits per heavy atom. The molecule has 0 saturated heterocycles. The zero-order valence-electron chi connectivity index (χ0n) is 10.7. The molecule has 0 atom stereocenters. The van der Waals surface area contributed by atoms with E-state index < -0.39 is 0 Å². The van der Waals surface area contributed by atoms with Crippen molar-refractivity contribution in [2.24, 2.45) is 0 Å². The van der Waals surface area contributed by atoms with Crippen LogP contribution >= 0.6 is 15.9 Å². The Morgan fingerprint density at radius 2 is 1.84 bits per heavy atom. The van der Waals surface area contributed by atoms with Crippen LogP contribution in [0.2, 0.25) is 0 Å². The largest absolute Gasteiger partial charge is 0.363 e. The topological polar surface area (TPSA) is 44.8 Å². The number of anilines is 1. The Bertz CT molecular complexity index is 733. The highest BCUT2D eigenvalue weighted by atomic mass is 79.9. The van der Waals surface area contributed by atoms with Crippen molar-refractivity contribution in [3.63, 3.8) is 0 Å². The van der Waals surface area contributed by atoms with Crippen LogP contribution < -0.4 is 4.90 Å². The van der Waals surface area contributed by atoms with Crippen LogP contribution in [-0.2, 0) is 0 Å². The van der Waals surface area contributed by atoms with Crippen LogP contribution in [0.15, 0.2) is 40.9 Å². The first kappa shape index (κ1) is 12.2. The van der Waals surface area contributed by atoms with Gasteiger partial charge in [-0.1, -0.05) is 34.1 Å². The van der Waals surface area contributed by atoms with Gasteiger partial charge in [-0.15, -0.1) is 0 Å². The number of aromatic amines is 1. The maximum Gasteiger partial charge on any atom is 0.180 e. The van der Waals surface area contributed by atoms with Gasteiger partial charge < -0.3 is 9.88 Å². The number of fused-ring (bicyclic) bond motifs is 1. The van der Waals surface area contributed by atoms with Crippen LogP contribution in [0.4, 0.5) is 5.82 Å². The van der Waals surface area contributed by atoms with E-state index in [1.807, 2.05) is 55.4 Å². The first-order valence-electron chi connectivity index (χ1n) is 5.94. The number of halogens is 1. The maximum atomic E-state index is 4.56. The van der Waals surface area contributed by atoms with Crippen molar-refractivity contribution < 1.29 is 0 Å². The third-order valence-corrected chi connectivity index (χ3v) is 3.61. The van der Waals surface area contributed by atoms with E-state index in [0.717, 1.165) is 32.8 Å². The first-order chi connectivity index (χ1) is 9.15. The molecule has 5 heteroatoms. The fourth-order valence-electron chi connectivity index (χ4n) is 1.91. The summed E-state index contributed by atoms with van der Waals surface area (Å²) in [4.78, 5) is 14.3. The SMILES string of the molecule is CN(C)c1ccc2[nH]c(-c3ccccc3Br)nc2n1. The summed E-state index contributed by atoms with van der Waals surface area (Å²) < 4.78 is 1.02. The summed E-state index contributed by atoms with van der Waals surface area (Å²) in [6, 6.07) is 12.0. The van der Waals surface area contributed by atoms with Crippen molar-refractivity contribution in [2.45, 2.75) is 0 Å². The third-order valence-electron chi connectivity index (χ3n) is 2.92. The molecule has 1 aromatic carbocycles. The van der Waals surface area contributed by atoms with Gasteiger partial charge in [-0.05, 0) is 18.2 Å². The molecule has 19 heavy (non-hydrogen) atoms. The lowest BCUT2D eigenvalue weighted by atomic mass is 10.2. The quantitative estimate of drug-likeness (QED) is 0.787. The summed E-state index contributed by atoms with van der Waals surface area (Å²) in [5.74, 6) is 1.73. The zero-order chi connectivity index (χ0) is 13.4. The van der Waals surface area contributed by atoms with E-state index in [1.165, 1.54) is 0 Å². The molecule has 0 unspecified atom stereocenters. The lowest BCUT2D eigenvalue weighted by Crippen LogP contribution is -2.10. The van der Waals surface area contributed by atoms with Gasteiger partial charge in [-0.2, -0.15) is 0 Å². The minimum absolute atomic E-state index is 0.733. The fourth-order valence-corrected chi connectivity index (χ4v) is 2.39. The van der Waals surface area contributed by atoms with Crippen LogP contribution in [0.5, 0.6) is 0 Å². The Kier molecular flexibility index (Phi) is 2.98. The molecule has 3 aromatic rings. The van der Waals surface area contributed by atoms with E-state index in [-0.39, 0.29) is 0 Å². The molecular formula is C14H13BrN4. The second kappa shape index (κ2) is 4.66. The van der Waals surface area contributed by atoms with Crippen molar-refractivity contribution >= 4 is 32.9 Å². The van der Waals surface area contributed by atoms with Crippen LogP contribution in [0.3, 0.4) is 0 Å². The molecule has 0 spiro atoms. The summed E-state index contributed by atoms with van der Waals surface area (Å²) in [5.41, 5.74) is 2.71. The van der Waals surface area contributed by atoms with Gasteiger partial charge in [0.05, 0.1) is 5.52 Å². The molecule has 1 N–H and O–H groups in total. The van der Waals surface area contributed by atoms with Crippen molar-refractivity contribution in [2.75, 3.05) is 19.0 Å². The standard InChI is InChI=1S/C14H13BrN4/c1-19(2)12-8-7-11-14(17-12)18-13(16-11)9-5-3-4-6-10(9)15/h3-8H,1-2H3,(H,16,17,18). The molecule has 2 aromatic heterocycles. The normalized spacial score (nSPS) is 10.9. The van der Waals surface area contributed by atoms with Crippen molar-refractivity contribution in [3.05, 3.63) is 40.9 Å². The predicted molar refractivity (Wildman–Crippen MR) is 81.4 cm³/mol. The van der Waals surface area contributed by atoms with Crippen molar-refractivity contribution in [3.8, 4) is 11.4 Å². The molecule has 4 nitrogen and oxygen atoms in total. The Labute approximate surface area is 119 Å². The van der Waals surface area contributed by atoms with Crippen LogP contribution in [0, 0.1) is 0 Å². The Balaban J connectivity index is 2.14. The molecule has 0 bridgehead atoms. The minimum Gasteiger partial charge on any atom is -0.363 e. The molecule has 96 valence electrons. The van der Waals surface area contributed by atoms with Crippen molar-refractivity contribution in [1.29, 1.82) is 0 Å². The molecule has 0 saturated carbocycles. The number of benzene rings is 1. The highest BCUT2D eigenvalue weighted by Crippen LogP contribution is 2.27. The van der Waals surface area contributed by atoms with Gasteiger partial charge in [0.15, 0.2) is 5.65 Å². The number of aromatic nitrogens is 3. The number of hydrogen-bond donors (Lipinski definition) is 1. The highest BCUT2D eigenvalue weighted by molar-refractivity contribution is 9.10. The second-order valence-electron chi connectivity index (χ2n) is 4.50. The molecule has 3 rings (SSSR count). The summed E-state index contributed by atoms with van der Waals surface area (Å²) in [7, 11) is 3.94. The number of H-pyrrole nitrogens is 1.